The average Bonchev–Trinajstić information content (AvgIpc) is 2.54. The van der Waals surface area contributed by atoms with Gasteiger partial charge in [-0.1, -0.05) is 31.2 Å². The van der Waals surface area contributed by atoms with E-state index >= 15 is 0 Å². The van der Waals surface area contributed by atoms with Gasteiger partial charge in [0, 0.05) is 30.9 Å². The minimum atomic E-state index is -0.0434. The number of fused-ring (bicyclic) bond motifs is 1. The normalized spacial score (nSPS) is 10.9. The number of pyridine rings is 1. The molecule has 0 amide bonds. The summed E-state index contributed by atoms with van der Waals surface area (Å²) in [4.78, 5) is 17.4. The van der Waals surface area contributed by atoms with E-state index in [1.54, 1.807) is 0 Å². The van der Waals surface area contributed by atoms with Crippen molar-refractivity contribution >= 4 is 16.5 Å². The summed E-state index contributed by atoms with van der Waals surface area (Å²) in [6.07, 6.45) is 0.984. The first-order chi connectivity index (χ1) is 10.6. The van der Waals surface area contributed by atoms with E-state index in [1.807, 2.05) is 55.4 Å². The van der Waals surface area contributed by atoms with Crippen LogP contribution in [0.1, 0.15) is 12.5 Å². The molecule has 1 heterocycles. The molecule has 3 rings (SSSR count). The molecule has 1 aromatic heterocycles. The van der Waals surface area contributed by atoms with Crippen LogP contribution in [0.3, 0.4) is 0 Å². The number of hydrogen-bond acceptors (Lipinski definition) is 2. The Kier molecular flexibility index (Phi) is 3.72. The standard InChI is InChI=1S/C19H20N2O/c1-4-13-6-5-7-15(10-13)18-11-14-8-9-16(21(2)3)12-17(14)19(22)20-18/h5-12H,4H2,1-3H3,(H,20,22). The van der Waals surface area contributed by atoms with Gasteiger partial charge in [0.15, 0.2) is 0 Å². The number of aryl methyl sites for hydroxylation is 1. The van der Waals surface area contributed by atoms with Gasteiger partial charge in [0.1, 0.15) is 0 Å². The van der Waals surface area contributed by atoms with Crippen molar-refractivity contribution in [1.29, 1.82) is 0 Å². The summed E-state index contributed by atoms with van der Waals surface area (Å²) < 4.78 is 0. The van der Waals surface area contributed by atoms with E-state index in [1.165, 1.54) is 5.56 Å². The quantitative estimate of drug-likeness (QED) is 0.796. The minimum absolute atomic E-state index is 0.0434. The second-order valence-corrected chi connectivity index (χ2v) is 5.73. The molecule has 3 heteroatoms. The SMILES string of the molecule is CCc1cccc(-c2cc3ccc(N(C)C)cc3c(=O)[nH]2)c1. The lowest BCUT2D eigenvalue weighted by molar-refractivity contribution is 1.13. The molecule has 3 nitrogen and oxygen atoms in total. The Bertz CT molecular complexity index is 878. The van der Waals surface area contributed by atoms with E-state index in [2.05, 4.69) is 24.0 Å². The molecule has 3 aromatic rings. The fourth-order valence-electron chi connectivity index (χ4n) is 2.64. The van der Waals surface area contributed by atoms with E-state index < -0.39 is 0 Å². The van der Waals surface area contributed by atoms with Gasteiger partial charge in [0.2, 0.25) is 0 Å². The molecule has 0 fully saturated rings. The monoisotopic (exact) mass is 292 g/mol. The number of H-pyrrole nitrogens is 1. The Hall–Kier alpha value is -2.55. The molecule has 1 N–H and O–H groups in total. The number of nitrogens with one attached hydrogen (secondary N) is 1. The van der Waals surface area contributed by atoms with Gasteiger partial charge in [0.05, 0.1) is 0 Å². The third-order valence-electron chi connectivity index (χ3n) is 3.99. The lowest BCUT2D eigenvalue weighted by Crippen LogP contribution is -2.11. The summed E-state index contributed by atoms with van der Waals surface area (Å²) in [7, 11) is 3.94. The Morgan fingerprint density at radius 1 is 1.05 bits per heavy atom. The number of hydrogen-bond donors (Lipinski definition) is 1. The van der Waals surface area contributed by atoms with Crippen molar-refractivity contribution in [2.45, 2.75) is 13.3 Å². The first-order valence-electron chi connectivity index (χ1n) is 7.52. The Morgan fingerprint density at radius 2 is 1.86 bits per heavy atom. The van der Waals surface area contributed by atoms with E-state index in [-0.39, 0.29) is 5.56 Å². The fourth-order valence-corrected chi connectivity index (χ4v) is 2.64. The van der Waals surface area contributed by atoms with Gasteiger partial charge in [-0.15, -0.1) is 0 Å². The third kappa shape index (κ3) is 2.62. The number of aromatic nitrogens is 1. The largest absolute Gasteiger partial charge is 0.378 e. The maximum absolute atomic E-state index is 12.4. The molecule has 0 saturated heterocycles. The van der Waals surface area contributed by atoms with Crippen molar-refractivity contribution in [2.75, 3.05) is 19.0 Å². The Morgan fingerprint density at radius 3 is 2.59 bits per heavy atom. The summed E-state index contributed by atoms with van der Waals surface area (Å²) in [5.74, 6) is 0. The van der Waals surface area contributed by atoms with Gasteiger partial charge in [-0.3, -0.25) is 4.79 Å². The van der Waals surface area contributed by atoms with Crippen LogP contribution < -0.4 is 10.5 Å². The van der Waals surface area contributed by atoms with E-state index in [0.29, 0.717) is 0 Å². The number of anilines is 1. The van der Waals surface area contributed by atoms with Crippen LogP contribution in [0.4, 0.5) is 5.69 Å². The van der Waals surface area contributed by atoms with Crippen LogP contribution in [-0.2, 0) is 6.42 Å². The molecule has 22 heavy (non-hydrogen) atoms. The van der Waals surface area contributed by atoms with Gasteiger partial charge in [0.25, 0.3) is 5.56 Å². The maximum Gasteiger partial charge on any atom is 0.256 e. The number of benzene rings is 2. The van der Waals surface area contributed by atoms with Crippen molar-refractivity contribution in [3.05, 3.63) is 64.4 Å². The molecule has 0 atom stereocenters. The molecule has 0 aliphatic rings. The second-order valence-electron chi connectivity index (χ2n) is 5.73. The Balaban J connectivity index is 2.17. The van der Waals surface area contributed by atoms with Crippen LogP contribution in [0.2, 0.25) is 0 Å². The molecular formula is C19H20N2O. The van der Waals surface area contributed by atoms with Gasteiger partial charge in [-0.25, -0.2) is 0 Å². The second kappa shape index (κ2) is 5.68. The molecule has 0 aliphatic carbocycles. The number of rotatable bonds is 3. The van der Waals surface area contributed by atoms with Gasteiger partial charge in [-0.05, 0) is 47.2 Å². The predicted molar refractivity (Wildman–Crippen MR) is 93.7 cm³/mol. The van der Waals surface area contributed by atoms with Crippen LogP contribution in [0, 0.1) is 0 Å². The van der Waals surface area contributed by atoms with Crippen molar-refractivity contribution in [3.8, 4) is 11.3 Å². The molecule has 0 unspecified atom stereocenters. The van der Waals surface area contributed by atoms with Crippen molar-refractivity contribution in [1.82, 2.24) is 4.98 Å². The number of nitrogens with zero attached hydrogens (tertiary/aromatic N) is 1. The smallest absolute Gasteiger partial charge is 0.256 e. The highest BCUT2D eigenvalue weighted by atomic mass is 16.1. The van der Waals surface area contributed by atoms with Crippen molar-refractivity contribution in [3.63, 3.8) is 0 Å². The molecule has 0 radical (unpaired) electrons. The predicted octanol–water partition coefficient (Wildman–Crippen LogP) is 3.82. The topological polar surface area (TPSA) is 36.1 Å². The van der Waals surface area contributed by atoms with Gasteiger partial charge < -0.3 is 9.88 Å². The molecule has 0 saturated carbocycles. The highest BCUT2D eigenvalue weighted by Crippen LogP contribution is 2.23. The first-order valence-corrected chi connectivity index (χ1v) is 7.52. The first kappa shape index (κ1) is 14.4. The molecule has 0 spiro atoms. The summed E-state index contributed by atoms with van der Waals surface area (Å²) in [5.41, 5.74) is 4.17. The third-order valence-corrected chi connectivity index (χ3v) is 3.99. The zero-order valence-electron chi connectivity index (χ0n) is 13.2. The van der Waals surface area contributed by atoms with Crippen LogP contribution >= 0.6 is 0 Å². The van der Waals surface area contributed by atoms with Crippen LogP contribution in [0.15, 0.2) is 53.3 Å². The van der Waals surface area contributed by atoms with Crippen LogP contribution in [0.25, 0.3) is 22.0 Å². The van der Waals surface area contributed by atoms with Crippen LogP contribution in [0.5, 0.6) is 0 Å². The zero-order chi connectivity index (χ0) is 15.7. The van der Waals surface area contributed by atoms with E-state index in [4.69, 9.17) is 0 Å². The lowest BCUT2D eigenvalue weighted by Gasteiger charge is -2.13. The highest BCUT2D eigenvalue weighted by Gasteiger charge is 2.06. The molecular weight excluding hydrogens is 272 g/mol. The summed E-state index contributed by atoms with van der Waals surface area (Å²) >= 11 is 0. The minimum Gasteiger partial charge on any atom is -0.378 e. The van der Waals surface area contributed by atoms with Gasteiger partial charge >= 0.3 is 0 Å². The summed E-state index contributed by atoms with van der Waals surface area (Å²) in [6.45, 7) is 2.13. The molecule has 2 aromatic carbocycles. The van der Waals surface area contributed by atoms with Crippen molar-refractivity contribution in [2.24, 2.45) is 0 Å². The summed E-state index contributed by atoms with van der Waals surface area (Å²) in [6, 6.07) is 16.3. The number of aromatic amines is 1. The lowest BCUT2D eigenvalue weighted by atomic mass is 10.0. The average molecular weight is 292 g/mol. The fraction of sp³-hybridized carbons (Fsp3) is 0.211. The summed E-state index contributed by atoms with van der Waals surface area (Å²) in [5, 5.41) is 1.69. The maximum atomic E-state index is 12.4. The van der Waals surface area contributed by atoms with E-state index in [0.717, 1.165) is 34.1 Å². The molecule has 0 bridgehead atoms. The van der Waals surface area contributed by atoms with Crippen molar-refractivity contribution < 1.29 is 0 Å². The highest BCUT2D eigenvalue weighted by molar-refractivity contribution is 5.87. The van der Waals surface area contributed by atoms with Crippen LogP contribution in [-0.4, -0.2) is 19.1 Å². The molecule has 112 valence electrons. The van der Waals surface area contributed by atoms with E-state index in [9.17, 15) is 4.79 Å². The Labute approximate surface area is 130 Å². The van der Waals surface area contributed by atoms with Gasteiger partial charge in [-0.2, -0.15) is 0 Å². The molecule has 0 aliphatic heterocycles. The zero-order valence-corrected chi connectivity index (χ0v) is 13.2.